The Labute approximate surface area is 193 Å². The first-order valence-electron chi connectivity index (χ1n) is 10.0. The number of carbonyl (C=O) groups is 1. The molecule has 7 heteroatoms. The molecule has 1 unspecified atom stereocenters. The van der Waals surface area contributed by atoms with Gasteiger partial charge in [0.2, 0.25) is 5.91 Å². The number of piperidine rings is 1. The molecule has 1 saturated heterocycles. The molecule has 0 aliphatic carbocycles. The third-order valence-corrected chi connectivity index (χ3v) is 7.01. The third kappa shape index (κ3) is 5.11. The first-order valence-corrected chi connectivity index (χ1v) is 11.6. The van der Waals surface area contributed by atoms with E-state index in [0.29, 0.717) is 43.6 Å². The predicted molar refractivity (Wildman–Crippen MR) is 123 cm³/mol. The molecular formula is C23H26Br2F2N2O. The second kappa shape index (κ2) is 9.45. The molecule has 2 aromatic rings. The van der Waals surface area contributed by atoms with Gasteiger partial charge in [0, 0.05) is 27.3 Å². The van der Waals surface area contributed by atoms with Gasteiger partial charge in [0.15, 0.2) is 0 Å². The monoisotopic (exact) mass is 542 g/mol. The van der Waals surface area contributed by atoms with E-state index in [9.17, 15) is 9.18 Å². The van der Waals surface area contributed by atoms with E-state index >= 15 is 4.39 Å². The van der Waals surface area contributed by atoms with Crippen LogP contribution in [0.4, 0.5) is 8.78 Å². The van der Waals surface area contributed by atoms with Crippen molar-refractivity contribution in [3.05, 3.63) is 67.9 Å². The number of hydrogen-bond acceptors (Lipinski definition) is 2. The number of hydrogen-bond donors (Lipinski definition) is 2. The fraction of sp³-hybridized carbons (Fsp3) is 0.435. The zero-order valence-electron chi connectivity index (χ0n) is 17.1. The van der Waals surface area contributed by atoms with Gasteiger partial charge in [-0.2, -0.15) is 0 Å². The first kappa shape index (κ1) is 23.4. The van der Waals surface area contributed by atoms with Gasteiger partial charge in [-0.05, 0) is 79.9 Å². The maximum atomic E-state index is 16.3. The average Bonchev–Trinajstić information content (AvgIpc) is 2.66. The average molecular weight is 544 g/mol. The Bertz CT molecular complexity index is 911. The highest BCUT2D eigenvalue weighted by molar-refractivity contribution is 9.11. The van der Waals surface area contributed by atoms with Crippen LogP contribution in [0.15, 0.2) is 45.3 Å². The second-order valence-corrected chi connectivity index (χ2v) is 10.1. The Morgan fingerprint density at radius 1 is 1.17 bits per heavy atom. The second-order valence-electron chi connectivity index (χ2n) is 8.24. The lowest BCUT2D eigenvalue weighted by molar-refractivity contribution is -0.124. The topological polar surface area (TPSA) is 41.1 Å². The van der Waals surface area contributed by atoms with Gasteiger partial charge in [-0.1, -0.05) is 44.8 Å². The molecule has 1 aliphatic rings. The lowest BCUT2D eigenvalue weighted by atomic mass is 9.63. The van der Waals surface area contributed by atoms with E-state index in [-0.39, 0.29) is 18.1 Å². The number of halogens is 4. The van der Waals surface area contributed by atoms with E-state index in [0.717, 1.165) is 14.5 Å². The molecule has 30 heavy (non-hydrogen) atoms. The molecule has 0 spiro atoms. The fourth-order valence-electron chi connectivity index (χ4n) is 4.41. The SMILES string of the molecule is Cc1cc(F)ccc1C(C)(CC(=O)NCc1cc(Br)cc(Br)c1)C1(F)CCNCC1. The molecule has 1 atom stereocenters. The van der Waals surface area contributed by atoms with Crippen LogP contribution in [0.25, 0.3) is 0 Å². The standard InChI is InChI=1S/C23H26Br2F2N2O/c1-15-9-19(26)3-4-20(15)22(2,23(27)5-7-28-8-6-23)13-21(30)29-14-16-10-17(24)12-18(25)11-16/h3-4,9-12,28H,5-8,13-14H2,1-2H3,(H,29,30). The molecule has 0 radical (unpaired) electrons. The van der Waals surface area contributed by atoms with Crippen molar-refractivity contribution >= 4 is 37.8 Å². The van der Waals surface area contributed by atoms with E-state index in [4.69, 9.17) is 0 Å². The van der Waals surface area contributed by atoms with E-state index in [1.54, 1.807) is 19.9 Å². The Morgan fingerprint density at radius 2 is 1.80 bits per heavy atom. The van der Waals surface area contributed by atoms with Crippen molar-refractivity contribution in [1.29, 1.82) is 0 Å². The van der Waals surface area contributed by atoms with Crippen molar-refractivity contribution in [2.24, 2.45) is 0 Å². The zero-order valence-corrected chi connectivity index (χ0v) is 20.3. The van der Waals surface area contributed by atoms with Crippen LogP contribution in [-0.2, 0) is 16.8 Å². The maximum Gasteiger partial charge on any atom is 0.221 e. The van der Waals surface area contributed by atoms with E-state index in [1.807, 2.05) is 18.2 Å². The number of amides is 1. The summed E-state index contributed by atoms with van der Waals surface area (Å²) in [6.45, 7) is 5.03. The van der Waals surface area contributed by atoms with Crippen LogP contribution in [0.1, 0.15) is 42.9 Å². The Kier molecular flexibility index (Phi) is 7.36. The molecule has 2 aromatic carbocycles. The van der Waals surface area contributed by atoms with Crippen molar-refractivity contribution in [1.82, 2.24) is 10.6 Å². The normalized spacial score (nSPS) is 17.9. The largest absolute Gasteiger partial charge is 0.352 e. The van der Waals surface area contributed by atoms with Crippen LogP contribution >= 0.6 is 31.9 Å². The van der Waals surface area contributed by atoms with Gasteiger partial charge in [0.25, 0.3) is 0 Å². The van der Waals surface area contributed by atoms with E-state index < -0.39 is 11.1 Å². The summed E-state index contributed by atoms with van der Waals surface area (Å²) in [5, 5.41) is 6.12. The molecule has 2 N–H and O–H groups in total. The van der Waals surface area contributed by atoms with E-state index in [1.165, 1.54) is 12.1 Å². The van der Waals surface area contributed by atoms with Crippen molar-refractivity contribution in [2.45, 2.75) is 50.7 Å². The van der Waals surface area contributed by atoms with Crippen molar-refractivity contribution < 1.29 is 13.6 Å². The van der Waals surface area contributed by atoms with Gasteiger partial charge in [-0.3, -0.25) is 4.79 Å². The fourth-order valence-corrected chi connectivity index (χ4v) is 5.80. The van der Waals surface area contributed by atoms with Crippen molar-refractivity contribution in [2.75, 3.05) is 13.1 Å². The molecule has 1 aliphatic heterocycles. The van der Waals surface area contributed by atoms with Crippen LogP contribution in [0.3, 0.4) is 0 Å². The minimum atomic E-state index is -1.56. The third-order valence-electron chi connectivity index (χ3n) is 6.09. The number of nitrogens with one attached hydrogen (secondary N) is 2. The number of benzene rings is 2. The van der Waals surface area contributed by atoms with Crippen molar-refractivity contribution in [3.8, 4) is 0 Å². The highest BCUT2D eigenvalue weighted by atomic mass is 79.9. The molecule has 162 valence electrons. The molecule has 3 rings (SSSR count). The highest BCUT2D eigenvalue weighted by Gasteiger charge is 2.51. The lowest BCUT2D eigenvalue weighted by Gasteiger charge is -2.46. The van der Waals surface area contributed by atoms with Gasteiger partial charge in [-0.15, -0.1) is 0 Å². The Hall–Kier alpha value is -1.31. The van der Waals surface area contributed by atoms with Crippen LogP contribution in [0, 0.1) is 12.7 Å². The number of aryl methyl sites for hydroxylation is 1. The van der Waals surface area contributed by atoms with Gasteiger partial charge in [0.05, 0.1) is 0 Å². The van der Waals surface area contributed by atoms with Crippen molar-refractivity contribution in [3.63, 3.8) is 0 Å². The summed E-state index contributed by atoms with van der Waals surface area (Å²) in [4.78, 5) is 12.9. The molecular weight excluding hydrogens is 518 g/mol. The van der Waals surface area contributed by atoms with E-state index in [2.05, 4.69) is 42.5 Å². The summed E-state index contributed by atoms with van der Waals surface area (Å²) in [5.41, 5.74) is -0.335. The minimum Gasteiger partial charge on any atom is -0.352 e. The quantitative estimate of drug-likeness (QED) is 0.489. The first-order chi connectivity index (χ1) is 14.1. The van der Waals surface area contributed by atoms with Crippen LogP contribution < -0.4 is 10.6 Å². The smallest absolute Gasteiger partial charge is 0.221 e. The number of carbonyl (C=O) groups excluding carboxylic acids is 1. The van der Waals surface area contributed by atoms with Gasteiger partial charge < -0.3 is 10.6 Å². The van der Waals surface area contributed by atoms with Crippen LogP contribution in [-0.4, -0.2) is 24.7 Å². The minimum absolute atomic E-state index is 0.00878. The van der Waals surface area contributed by atoms with Gasteiger partial charge in [-0.25, -0.2) is 8.78 Å². The molecule has 0 bridgehead atoms. The molecule has 3 nitrogen and oxygen atoms in total. The maximum absolute atomic E-state index is 16.3. The lowest BCUT2D eigenvalue weighted by Crippen LogP contribution is -2.54. The molecule has 1 heterocycles. The van der Waals surface area contributed by atoms with Gasteiger partial charge >= 0.3 is 0 Å². The number of rotatable bonds is 6. The summed E-state index contributed by atoms with van der Waals surface area (Å²) in [6.07, 6.45) is 0.615. The summed E-state index contributed by atoms with van der Waals surface area (Å²) in [5.74, 6) is -0.589. The molecule has 1 amide bonds. The highest BCUT2D eigenvalue weighted by Crippen LogP contribution is 2.47. The molecule has 0 saturated carbocycles. The summed E-state index contributed by atoms with van der Waals surface area (Å²) in [6, 6.07) is 10.2. The van der Waals surface area contributed by atoms with Gasteiger partial charge in [0.1, 0.15) is 11.5 Å². The molecule has 1 fully saturated rings. The number of alkyl halides is 1. The zero-order chi connectivity index (χ0) is 21.9. The van der Waals surface area contributed by atoms with Crippen LogP contribution in [0.2, 0.25) is 0 Å². The summed E-state index contributed by atoms with van der Waals surface area (Å²) < 4.78 is 31.8. The summed E-state index contributed by atoms with van der Waals surface area (Å²) in [7, 11) is 0. The van der Waals surface area contributed by atoms with Crippen LogP contribution in [0.5, 0.6) is 0 Å². The Balaban J connectivity index is 1.85. The predicted octanol–water partition coefficient (Wildman–Crippen LogP) is 5.72. The molecule has 0 aromatic heterocycles. The summed E-state index contributed by atoms with van der Waals surface area (Å²) >= 11 is 6.89. The Morgan fingerprint density at radius 3 is 2.40 bits per heavy atom.